The molecular weight excluding hydrogens is 260 g/mol. The van der Waals surface area contributed by atoms with E-state index in [2.05, 4.69) is 4.98 Å². The number of carbonyl (C=O) groups is 1. The average Bonchev–Trinajstić information content (AvgIpc) is 2.81. The maximum Gasteiger partial charge on any atom is 0.167 e. The molecule has 0 aliphatic heterocycles. The molecule has 4 nitrogen and oxygen atoms in total. The molecule has 5 heteroatoms. The van der Waals surface area contributed by atoms with Crippen molar-refractivity contribution in [3.8, 4) is 5.75 Å². The van der Waals surface area contributed by atoms with Crippen LogP contribution >= 0.6 is 11.8 Å². The van der Waals surface area contributed by atoms with Gasteiger partial charge in [-0.1, -0.05) is 11.8 Å². The third kappa shape index (κ3) is 3.17. The van der Waals surface area contributed by atoms with Crippen molar-refractivity contribution in [2.45, 2.75) is 17.8 Å². The zero-order valence-corrected chi connectivity index (χ0v) is 12.0. The lowest BCUT2D eigenvalue weighted by Crippen LogP contribution is -1.97. The quantitative estimate of drug-likeness (QED) is 0.622. The minimum Gasteiger partial charge on any atom is -0.496 e. The second-order valence-corrected chi connectivity index (χ2v) is 5.13. The number of carbonyl (C=O) groups excluding carboxylic acids is 1. The van der Waals surface area contributed by atoms with E-state index in [1.807, 2.05) is 29.9 Å². The molecule has 0 fully saturated rings. The predicted molar refractivity (Wildman–Crippen MR) is 75.8 cm³/mol. The van der Waals surface area contributed by atoms with E-state index in [0.717, 1.165) is 22.2 Å². The molecule has 0 radical (unpaired) electrons. The minimum atomic E-state index is 0.0610. The number of thioether (sulfide) groups is 1. The molecule has 100 valence electrons. The van der Waals surface area contributed by atoms with E-state index in [4.69, 9.17) is 4.74 Å². The van der Waals surface area contributed by atoms with Crippen molar-refractivity contribution in [3.63, 3.8) is 0 Å². The average molecular weight is 276 g/mol. The van der Waals surface area contributed by atoms with E-state index in [1.165, 1.54) is 0 Å². The number of imidazole rings is 1. The Balaban J connectivity index is 2.20. The number of ether oxygens (including phenoxy) is 1. The molecule has 2 rings (SSSR count). The summed E-state index contributed by atoms with van der Waals surface area (Å²) in [5.41, 5.74) is 1.71. The molecule has 0 saturated heterocycles. The third-order valence-electron chi connectivity index (χ3n) is 2.82. The molecule has 1 aromatic carbocycles. The van der Waals surface area contributed by atoms with Crippen molar-refractivity contribution in [2.75, 3.05) is 7.11 Å². The lowest BCUT2D eigenvalue weighted by Gasteiger charge is -2.09. The van der Waals surface area contributed by atoms with Gasteiger partial charge in [0.05, 0.1) is 7.11 Å². The van der Waals surface area contributed by atoms with Crippen LogP contribution in [0, 0.1) is 0 Å². The Kier molecular flexibility index (Phi) is 4.27. The molecule has 0 amide bonds. The highest BCUT2D eigenvalue weighted by Gasteiger charge is 2.09. The molecule has 0 bridgehead atoms. The van der Waals surface area contributed by atoms with Crippen molar-refractivity contribution < 1.29 is 9.53 Å². The van der Waals surface area contributed by atoms with Gasteiger partial charge in [-0.25, -0.2) is 4.98 Å². The second kappa shape index (κ2) is 5.93. The number of nitrogens with zero attached hydrogens (tertiary/aromatic N) is 2. The van der Waals surface area contributed by atoms with Crippen LogP contribution in [-0.4, -0.2) is 22.4 Å². The molecule has 0 aliphatic carbocycles. The zero-order chi connectivity index (χ0) is 13.8. The summed E-state index contributed by atoms with van der Waals surface area (Å²) in [6, 6.07) is 5.51. The summed E-state index contributed by atoms with van der Waals surface area (Å²) in [4.78, 5) is 15.7. The highest BCUT2D eigenvalue weighted by molar-refractivity contribution is 7.98. The molecule has 1 heterocycles. The third-order valence-corrected chi connectivity index (χ3v) is 3.93. The van der Waals surface area contributed by atoms with Crippen molar-refractivity contribution in [1.82, 2.24) is 9.55 Å². The smallest absolute Gasteiger partial charge is 0.167 e. The maximum absolute atomic E-state index is 11.4. The summed E-state index contributed by atoms with van der Waals surface area (Å²) in [6.07, 6.45) is 3.68. The molecule has 2 aromatic rings. The van der Waals surface area contributed by atoms with Gasteiger partial charge >= 0.3 is 0 Å². The Labute approximate surface area is 116 Å². The molecule has 0 spiro atoms. The van der Waals surface area contributed by atoms with Crippen LogP contribution in [0.3, 0.4) is 0 Å². The van der Waals surface area contributed by atoms with Crippen LogP contribution in [0.25, 0.3) is 0 Å². The van der Waals surface area contributed by atoms with Crippen LogP contribution in [0.2, 0.25) is 0 Å². The van der Waals surface area contributed by atoms with Crippen LogP contribution < -0.4 is 4.74 Å². The zero-order valence-electron chi connectivity index (χ0n) is 11.2. The van der Waals surface area contributed by atoms with Gasteiger partial charge < -0.3 is 9.30 Å². The van der Waals surface area contributed by atoms with Crippen molar-refractivity contribution in [3.05, 3.63) is 41.7 Å². The van der Waals surface area contributed by atoms with Crippen LogP contribution in [0.5, 0.6) is 5.75 Å². The van der Waals surface area contributed by atoms with Crippen LogP contribution in [-0.2, 0) is 12.8 Å². The maximum atomic E-state index is 11.4. The summed E-state index contributed by atoms with van der Waals surface area (Å²) in [6.45, 7) is 1.57. The standard InChI is InChI=1S/C14H16N2O2S/c1-10(17)11-4-5-13(18-3)12(8-11)9-19-14-15-6-7-16(14)2/h4-8H,9H2,1-3H3. The monoisotopic (exact) mass is 276 g/mol. The topological polar surface area (TPSA) is 44.1 Å². The van der Waals surface area contributed by atoms with Gasteiger partial charge in [-0.2, -0.15) is 0 Å². The van der Waals surface area contributed by atoms with Gasteiger partial charge in [0.25, 0.3) is 0 Å². The Morgan fingerprint density at radius 3 is 2.84 bits per heavy atom. The number of hydrogen-bond donors (Lipinski definition) is 0. The number of rotatable bonds is 5. The minimum absolute atomic E-state index is 0.0610. The highest BCUT2D eigenvalue weighted by Crippen LogP contribution is 2.27. The Bertz CT molecular complexity index is 593. The number of Topliss-reactive ketones (excluding diaryl/α,β-unsaturated/α-hetero) is 1. The number of methoxy groups -OCH3 is 1. The summed E-state index contributed by atoms with van der Waals surface area (Å²) in [5.74, 6) is 1.58. The number of aryl methyl sites for hydroxylation is 1. The molecule has 0 saturated carbocycles. The second-order valence-electron chi connectivity index (χ2n) is 4.19. The van der Waals surface area contributed by atoms with Gasteiger partial charge in [0, 0.05) is 36.3 Å². The lowest BCUT2D eigenvalue weighted by atomic mass is 10.1. The van der Waals surface area contributed by atoms with Crippen molar-refractivity contribution in [1.29, 1.82) is 0 Å². The first-order valence-corrected chi connectivity index (χ1v) is 6.88. The molecule has 0 aliphatic rings. The normalized spacial score (nSPS) is 10.5. The van der Waals surface area contributed by atoms with Crippen molar-refractivity contribution >= 4 is 17.5 Å². The summed E-state index contributed by atoms with van der Waals surface area (Å²) in [5, 5.41) is 0.940. The van der Waals surface area contributed by atoms with E-state index < -0.39 is 0 Å². The fraction of sp³-hybridized carbons (Fsp3) is 0.286. The fourth-order valence-corrected chi connectivity index (χ4v) is 2.65. The van der Waals surface area contributed by atoms with Crippen molar-refractivity contribution in [2.24, 2.45) is 7.05 Å². The van der Waals surface area contributed by atoms with E-state index in [1.54, 1.807) is 38.1 Å². The van der Waals surface area contributed by atoms with Gasteiger partial charge in [0.1, 0.15) is 5.75 Å². The number of aromatic nitrogens is 2. The van der Waals surface area contributed by atoms with Gasteiger partial charge in [-0.3, -0.25) is 4.79 Å². The molecule has 1 aromatic heterocycles. The Hall–Kier alpha value is -1.75. The molecule has 0 unspecified atom stereocenters. The first kappa shape index (κ1) is 13.7. The lowest BCUT2D eigenvalue weighted by molar-refractivity contribution is 0.101. The SMILES string of the molecule is COc1ccc(C(C)=O)cc1CSc1nccn1C. The molecule has 0 N–H and O–H groups in total. The molecule has 0 atom stereocenters. The van der Waals surface area contributed by atoms with Gasteiger partial charge in [-0.05, 0) is 25.1 Å². The number of ketones is 1. The molecule has 19 heavy (non-hydrogen) atoms. The first-order chi connectivity index (χ1) is 9.11. The summed E-state index contributed by atoms with van der Waals surface area (Å²) < 4.78 is 7.29. The van der Waals surface area contributed by atoms with E-state index in [-0.39, 0.29) is 5.78 Å². The summed E-state index contributed by atoms with van der Waals surface area (Å²) in [7, 11) is 3.59. The largest absolute Gasteiger partial charge is 0.496 e. The predicted octanol–water partition coefficient (Wildman–Crippen LogP) is 2.92. The number of benzene rings is 1. The van der Waals surface area contributed by atoms with Crippen LogP contribution in [0.15, 0.2) is 35.7 Å². The van der Waals surface area contributed by atoms with Gasteiger partial charge in [0.15, 0.2) is 10.9 Å². The highest BCUT2D eigenvalue weighted by atomic mass is 32.2. The Morgan fingerprint density at radius 1 is 1.47 bits per heavy atom. The van der Waals surface area contributed by atoms with E-state index >= 15 is 0 Å². The Morgan fingerprint density at radius 2 is 2.26 bits per heavy atom. The fourth-order valence-electron chi connectivity index (χ4n) is 1.74. The van der Waals surface area contributed by atoms with Gasteiger partial charge in [-0.15, -0.1) is 0 Å². The first-order valence-electron chi connectivity index (χ1n) is 5.90. The van der Waals surface area contributed by atoms with E-state index in [0.29, 0.717) is 5.56 Å². The molecular formula is C14H16N2O2S. The van der Waals surface area contributed by atoms with Gasteiger partial charge in [0.2, 0.25) is 0 Å². The number of hydrogen-bond acceptors (Lipinski definition) is 4. The van der Waals surface area contributed by atoms with Crippen LogP contribution in [0.4, 0.5) is 0 Å². The van der Waals surface area contributed by atoms with E-state index in [9.17, 15) is 4.79 Å². The van der Waals surface area contributed by atoms with Crippen LogP contribution in [0.1, 0.15) is 22.8 Å². The summed E-state index contributed by atoms with van der Waals surface area (Å²) >= 11 is 1.62.